The summed E-state index contributed by atoms with van der Waals surface area (Å²) in [6, 6.07) is -0.150. The third-order valence-electron chi connectivity index (χ3n) is 2.73. The highest BCUT2D eigenvalue weighted by molar-refractivity contribution is 7.91. The van der Waals surface area contributed by atoms with E-state index >= 15 is 0 Å². The van der Waals surface area contributed by atoms with Crippen molar-refractivity contribution in [3.8, 4) is 0 Å². The second-order valence-electron chi connectivity index (χ2n) is 3.97. The average Bonchev–Trinajstić information content (AvgIpc) is 2.86. The molecule has 0 aromatic carbocycles. The van der Waals surface area contributed by atoms with Crippen molar-refractivity contribution in [2.75, 3.05) is 13.2 Å². The molecule has 96 valence electrons. The van der Waals surface area contributed by atoms with Crippen molar-refractivity contribution < 1.29 is 13.2 Å². The van der Waals surface area contributed by atoms with Crippen LogP contribution < -0.4 is 4.72 Å². The summed E-state index contributed by atoms with van der Waals surface area (Å²) in [5, 5.41) is 0. The van der Waals surface area contributed by atoms with Crippen molar-refractivity contribution in [2.45, 2.75) is 23.6 Å². The maximum atomic E-state index is 12.0. The zero-order chi connectivity index (χ0) is 12.5. The standard InChI is InChI=1S/C9H13ClN2O3S2/c1-6(7-2-3-15-5-7)12-17(13,14)8-4-11-9(10)16-8/h4,6-7,12H,2-3,5H2,1H3. The number of halogens is 1. The Bertz CT molecular complexity index is 482. The lowest BCUT2D eigenvalue weighted by molar-refractivity contribution is 0.180. The molecule has 17 heavy (non-hydrogen) atoms. The van der Waals surface area contributed by atoms with Gasteiger partial charge in [0.15, 0.2) is 8.68 Å². The predicted molar refractivity (Wildman–Crippen MR) is 65.8 cm³/mol. The Balaban J connectivity index is 2.06. The number of rotatable bonds is 4. The lowest BCUT2D eigenvalue weighted by Crippen LogP contribution is -2.38. The summed E-state index contributed by atoms with van der Waals surface area (Å²) in [4.78, 5) is 3.73. The molecule has 1 aromatic heterocycles. The van der Waals surface area contributed by atoms with Gasteiger partial charge in [-0.05, 0) is 13.3 Å². The molecule has 1 aromatic rings. The highest BCUT2D eigenvalue weighted by Gasteiger charge is 2.27. The van der Waals surface area contributed by atoms with Crippen LogP contribution in [0.15, 0.2) is 10.4 Å². The van der Waals surface area contributed by atoms with E-state index in [4.69, 9.17) is 16.3 Å². The first-order valence-electron chi connectivity index (χ1n) is 5.20. The van der Waals surface area contributed by atoms with Gasteiger partial charge in [-0.3, -0.25) is 0 Å². The van der Waals surface area contributed by atoms with E-state index in [1.807, 2.05) is 6.92 Å². The maximum Gasteiger partial charge on any atom is 0.251 e. The van der Waals surface area contributed by atoms with Gasteiger partial charge < -0.3 is 4.74 Å². The van der Waals surface area contributed by atoms with E-state index in [-0.39, 0.29) is 20.6 Å². The Morgan fingerprint density at radius 3 is 3.00 bits per heavy atom. The summed E-state index contributed by atoms with van der Waals surface area (Å²) in [5.41, 5.74) is 0. The number of aromatic nitrogens is 1. The van der Waals surface area contributed by atoms with Gasteiger partial charge in [0.05, 0.1) is 12.8 Å². The molecule has 2 unspecified atom stereocenters. The number of hydrogen-bond acceptors (Lipinski definition) is 5. The van der Waals surface area contributed by atoms with Crippen LogP contribution in [-0.4, -0.2) is 32.7 Å². The van der Waals surface area contributed by atoms with Crippen LogP contribution in [0.5, 0.6) is 0 Å². The van der Waals surface area contributed by atoms with E-state index in [1.165, 1.54) is 6.20 Å². The summed E-state index contributed by atoms with van der Waals surface area (Å²) >= 11 is 6.58. The molecule has 8 heteroatoms. The lowest BCUT2D eigenvalue weighted by atomic mass is 10.0. The normalized spacial score (nSPS) is 22.8. The van der Waals surface area contributed by atoms with E-state index < -0.39 is 10.0 Å². The van der Waals surface area contributed by atoms with Crippen LogP contribution in [0.2, 0.25) is 4.47 Å². The first-order chi connectivity index (χ1) is 7.99. The number of sulfonamides is 1. The molecular weight excluding hydrogens is 284 g/mol. The molecule has 1 N–H and O–H groups in total. The van der Waals surface area contributed by atoms with Crippen molar-refractivity contribution in [1.82, 2.24) is 9.71 Å². The van der Waals surface area contributed by atoms with Crippen LogP contribution in [0.3, 0.4) is 0 Å². The van der Waals surface area contributed by atoms with Crippen molar-refractivity contribution in [3.63, 3.8) is 0 Å². The van der Waals surface area contributed by atoms with Gasteiger partial charge in [0.2, 0.25) is 0 Å². The topological polar surface area (TPSA) is 68.3 Å². The number of nitrogens with one attached hydrogen (secondary N) is 1. The largest absolute Gasteiger partial charge is 0.381 e. The Morgan fingerprint density at radius 1 is 1.71 bits per heavy atom. The number of hydrogen-bond donors (Lipinski definition) is 1. The number of thiazole rings is 1. The molecule has 2 heterocycles. The molecular formula is C9H13ClN2O3S2. The van der Waals surface area contributed by atoms with E-state index in [0.29, 0.717) is 13.2 Å². The predicted octanol–water partition coefficient (Wildman–Crippen LogP) is 1.50. The Labute approximate surface area is 109 Å². The zero-order valence-electron chi connectivity index (χ0n) is 9.22. The Kier molecular flexibility index (Phi) is 4.04. The van der Waals surface area contributed by atoms with Gasteiger partial charge in [-0.2, -0.15) is 0 Å². The van der Waals surface area contributed by atoms with Gasteiger partial charge in [0.1, 0.15) is 0 Å². The lowest BCUT2D eigenvalue weighted by Gasteiger charge is -2.18. The molecule has 0 bridgehead atoms. The molecule has 2 atom stereocenters. The summed E-state index contributed by atoms with van der Waals surface area (Å²) < 4.78 is 32.2. The van der Waals surface area contributed by atoms with Gasteiger partial charge in [-0.15, -0.1) is 0 Å². The minimum Gasteiger partial charge on any atom is -0.381 e. The fourth-order valence-corrected chi connectivity index (χ4v) is 4.33. The quantitative estimate of drug-likeness (QED) is 0.914. The van der Waals surface area contributed by atoms with Crippen LogP contribution in [-0.2, 0) is 14.8 Å². The molecule has 0 amide bonds. The van der Waals surface area contributed by atoms with Crippen molar-refractivity contribution in [3.05, 3.63) is 10.7 Å². The van der Waals surface area contributed by atoms with Gasteiger partial charge in [0.25, 0.3) is 10.0 Å². The average molecular weight is 297 g/mol. The van der Waals surface area contributed by atoms with Crippen LogP contribution >= 0.6 is 22.9 Å². The SMILES string of the molecule is CC(NS(=O)(=O)c1cnc(Cl)s1)C1CCOC1. The Morgan fingerprint density at radius 2 is 2.47 bits per heavy atom. The monoisotopic (exact) mass is 296 g/mol. The molecule has 1 saturated heterocycles. The molecule has 0 aliphatic carbocycles. The van der Waals surface area contributed by atoms with E-state index in [0.717, 1.165) is 17.8 Å². The molecule has 0 spiro atoms. The fraction of sp³-hybridized carbons (Fsp3) is 0.667. The minimum absolute atomic E-state index is 0.147. The third kappa shape index (κ3) is 3.17. The maximum absolute atomic E-state index is 12.0. The highest BCUT2D eigenvalue weighted by atomic mass is 35.5. The van der Waals surface area contributed by atoms with Crippen molar-refractivity contribution in [1.29, 1.82) is 0 Å². The first-order valence-corrected chi connectivity index (χ1v) is 7.88. The van der Waals surface area contributed by atoms with Gasteiger partial charge in [-0.1, -0.05) is 22.9 Å². The smallest absolute Gasteiger partial charge is 0.251 e. The molecule has 1 fully saturated rings. The van der Waals surface area contributed by atoms with Gasteiger partial charge in [-0.25, -0.2) is 18.1 Å². The van der Waals surface area contributed by atoms with Crippen LogP contribution in [0.1, 0.15) is 13.3 Å². The molecule has 0 radical (unpaired) electrons. The van der Waals surface area contributed by atoms with E-state index in [2.05, 4.69) is 9.71 Å². The first kappa shape index (κ1) is 13.2. The summed E-state index contributed by atoms with van der Waals surface area (Å²) in [6.45, 7) is 3.15. The summed E-state index contributed by atoms with van der Waals surface area (Å²) in [7, 11) is -3.51. The molecule has 2 rings (SSSR count). The highest BCUT2D eigenvalue weighted by Crippen LogP contribution is 2.24. The second-order valence-corrected chi connectivity index (χ2v) is 7.52. The Hall–Kier alpha value is -0.210. The molecule has 1 aliphatic rings. The molecule has 1 aliphatic heterocycles. The van der Waals surface area contributed by atoms with Crippen LogP contribution in [0.4, 0.5) is 0 Å². The minimum atomic E-state index is -3.51. The van der Waals surface area contributed by atoms with Crippen molar-refractivity contribution >= 4 is 33.0 Å². The van der Waals surface area contributed by atoms with Crippen LogP contribution in [0.25, 0.3) is 0 Å². The van der Waals surface area contributed by atoms with E-state index in [9.17, 15) is 8.42 Å². The summed E-state index contributed by atoms with van der Waals surface area (Å²) in [5.74, 6) is 0.230. The second kappa shape index (κ2) is 5.19. The fourth-order valence-electron chi connectivity index (χ4n) is 1.71. The van der Waals surface area contributed by atoms with Gasteiger partial charge in [0, 0.05) is 18.6 Å². The zero-order valence-corrected chi connectivity index (χ0v) is 11.6. The van der Waals surface area contributed by atoms with E-state index in [1.54, 1.807) is 0 Å². The van der Waals surface area contributed by atoms with Crippen molar-refractivity contribution in [2.24, 2.45) is 5.92 Å². The number of nitrogens with zero attached hydrogens (tertiary/aromatic N) is 1. The molecule has 5 nitrogen and oxygen atoms in total. The van der Waals surface area contributed by atoms with Crippen LogP contribution in [0, 0.1) is 5.92 Å². The summed E-state index contributed by atoms with van der Waals surface area (Å²) in [6.07, 6.45) is 2.15. The van der Waals surface area contributed by atoms with Gasteiger partial charge >= 0.3 is 0 Å². The third-order valence-corrected chi connectivity index (χ3v) is 5.87. The number of ether oxygens (including phenoxy) is 1. The molecule has 0 saturated carbocycles.